The van der Waals surface area contributed by atoms with Gasteiger partial charge in [-0.25, -0.2) is 4.79 Å². The fourth-order valence-corrected chi connectivity index (χ4v) is 7.18. The monoisotopic (exact) mass is 656 g/mol. The van der Waals surface area contributed by atoms with Crippen LogP contribution in [-0.2, 0) is 9.63 Å². The highest BCUT2D eigenvalue weighted by Gasteiger charge is 2.23. The standard InChI is InChI=1S/C39H36N4O4S/c1-23(2)19-33(41-47-25(5)44)27-15-16-35-30(21-27)31-22-32(39(45)26-11-7-6-8-12-26)28-13-9-10-14-29(28)38(31)43(35)37-18-17-36(48-37)34(40-42-46)20-24(3)4/h6-18,21-24H,19-20H2,1-5H3/b40-34+,41-33+. The molecule has 8 nitrogen and oxygen atoms in total. The summed E-state index contributed by atoms with van der Waals surface area (Å²) < 4.78 is 2.22. The molecular weight excluding hydrogens is 621 g/mol. The summed E-state index contributed by atoms with van der Waals surface area (Å²) in [6.07, 6.45) is 1.23. The molecule has 0 saturated heterocycles. The topological polar surface area (TPSA) is 102 Å². The Morgan fingerprint density at radius 1 is 0.750 bits per heavy atom. The maximum atomic E-state index is 14.1. The van der Waals surface area contributed by atoms with Crippen molar-refractivity contribution in [1.82, 2.24) is 4.57 Å². The van der Waals surface area contributed by atoms with Crippen LogP contribution in [0.1, 0.15) is 73.8 Å². The molecule has 48 heavy (non-hydrogen) atoms. The molecule has 0 aliphatic rings. The van der Waals surface area contributed by atoms with E-state index in [0.29, 0.717) is 41.3 Å². The number of nitrogens with zero attached hydrogens (tertiary/aromatic N) is 4. The second-order valence-electron chi connectivity index (χ2n) is 12.7. The van der Waals surface area contributed by atoms with Crippen molar-refractivity contribution in [3.05, 3.63) is 117 Å². The molecule has 0 aliphatic carbocycles. The number of carbonyl (C=O) groups is 2. The van der Waals surface area contributed by atoms with Gasteiger partial charge in [0.2, 0.25) is 0 Å². The molecule has 6 rings (SSSR count). The fraction of sp³-hybridized carbons (Fsp3) is 0.231. The Morgan fingerprint density at radius 2 is 1.44 bits per heavy atom. The van der Waals surface area contributed by atoms with Crippen molar-refractivity contribution in [2.75, 3.05) is 0 Å². The molecule has 0 radical (unpaired) electrons. The van der Waals surface area contributed by atoms with E-state index in [1.54, 1.807) is 11.3 Å². The van der Waals surface area contributed by atoms with E-state index in [9.17, 15) is 14.5 Å². The lowest BCUT2D eigenvalue weighted by Crippen LogP contribution is -2.07. The third kappa shape index (κ3) is 6.46. The highest BCUT2D eigenvalue weighted by atomic mass is 32.1. The molecule has 0 amide bonds. The number of rotatable bonds is 11. The van der Waals surface area contributed by atoms with Crippen LogP contribution in [0.4, 0.5) is 0 Å². The smallest absolute Gasteiger partial charge is 0.318 e. The van der Waals surface area contributed by atoms with E-state index < -0.39 is 5.97 Å². The minimum Gasteiger partial charge on any atom is -0.318 e. The van der Waals surface area contributed by atoms with Crippen LogP contribution >= 0.6 is 11.3 Å². The van der Waals surface area contributed by atoms with Crippen molar-refractivity contribution < 1.29 is 14.4 Å². The van der Waals surface area contributed by atoms with E-state index in [0.717, 1.165) is 48.0 Å². The van der Waals surface area contributed by atoms with Crippen molar-refractivity contribution in [2.45, 2.75) is 47.5 Å². The molecule has 0 saturated carbocycles. The first kappa shape index (κ1) is 32.7. The molecule has 6 aromatic rings. The van der Waals surface area contributed by atoms with Gasteiger partial charge in [0.15, 0.2) is 5.78 Å². The molecule has 2 heterocycles. The minimum atomic E-state index is -0.483. The molecule has 242 valence electrons. The zero-order chi connectivity index (χ0) is 33.9. The summed E-state index contributed by atoms with van der Waals surface area (Å²) in [5, 5.41) is 15.6. The molecule has 0 fully saturated rings. The van der Waals surface area contributed by atoms with E-state index in [4.69, 9.17) is 4.84 Å². The van der Waals surface area contributed by atoms with Crippen molar-refractivity contribution in [3.8, 4) is 5.00 Å². The lowest BCUT2D eigenvalue weighted by molar-refractivity contribution is -0.140. The number of oxime groups is 1. The van der Waals surface area contributed by atoms with Gasteiger partial charge in [0.1, 0.15) is 5.00 Å². The van der Waals surface area contributed by atoms with Gasteiger partial charge in [-0.1, -0.05) is 93.5 Å². The van der Waals surface area contributed by atoms with Crippen LogP contribution in [-0.4, -0.2) is 27.7 Å². The predicted molar refractivity (Wildman–Crippen MR) is 196 cm³/mol. The van der Waals surface area contributed by atoms with E-state index in [1.165, 1.54) is 6.92 Å². The molecular formula is C39H36N4O4S. The fourth-order valence-electron chi connectivity index (χ4n) is 6.16. The Morgan fingerprint density at radius 3 is 2.12 bits per heavy atom. The van der Waals surface area contributed by atoms with Gasteiger partial charge in [-0.2, -0.15) is 0 Å². The summed E-state index contributed by atoms with van der Waals surface area (Å²) in [5.74, 6) is 0.0171. The number of nitroso groups, excluding NO2 is 1. The predicted octanol–water partition coefficient (Wildman–Crippen LogP) is 10.1. The molecule has 4 aromatic carbocycles. The number of ketones is 1. The van der Waals surface area contributed by atoms with Crippen LogP contribution in [0.3, 0.4) is 0 Å². The van der Waals surface area contributed by atoms with E-state index in [1.807, 2.05) is 72.8 Å². The summed E-state index contributed by atoms with van der Waals surface area (Å²) in [6.45, 7) is 9.68. The first-order valence-corrected chi connectivity index (χ1v) is 16.8. The summed E-state index contributed by atoms with van der Waals surface area (Å²) in [4.78, 5) is 43.0. The van der Waals surface area contributed by atoms with Crippen LogP contribution in [0.25, 0.3) is 37.6 Å². The van der Waals surface area contributed by atoms with E-state index in [-0.39, 0.29) is 11.7 Å². The van der Waals surface area contributed by atoms with Crippen LogP contribution < -0.4 is 0 Å². The van der Waals surface area contributed by atoms with Gasteiger partial charge < -0.3 is 4.84 Å². The van der Waals surface area contributed by atoms with Crippen LogP contribution in [0.2, 0.25) is 0 Å². The van der Waals surface area contributed by atoms with Gasteiger partial charge in [-0.3, -0.25) is 9.36 Å². The average molecular weight is 657 g/mol. The Bertz CT molecular complexity index is 2240. The van der Waals surface area contributed by atoms with Gasteiger partial charge in [0.05, 0.1) is 32.6 Å². The van der Waals surface area contributed by atoms with Crippen LogP contribution in [0.15, 0.2) is 107 Å². The van der Waals surface area contributed by atoms with E-state index >= 15 is 0 Å². The minimum absolute atomic E-state index is 0.0583. The highest BCUT2D eigenvalue weighted by Crippen LogP contribution is 2.41. The normalized spacial score (nSPS) is 12.5. The first-order chi connectivity index (χ1) is 23.2. The highest BCUT2D eigenvalue weighted by molar-refractivity contribution is 7.16. The molecule has 0 spiro atoms. The Kier molecular flexibility index (Phi) is 9.41. The zero-order valence-electron chi connectivity index (χ0n) is 27.6. The maximum absolute atomic E-state index is 14.1. The van der Waals surface area contributed by atoms with Gasteiger partial charge in [0, 0.05) is 39.8 Å². The van der Waals surface area contributed by atoms with Crippen molar-refractivity contribution in [2.24, 2.45) is 27.4 Å². The lowest BCUT2D eigenvalue weighted by atomic mass is 9.94. The molecule has 0 aliphatic heterocycles. The molecule has 9 heteroatoms. The number of benzene rings is 4. The number of thiophene rings is 1. The van der Waals surface area contributed by atoms with Gasteiger partial charge >= 0.3 is 5.97 Å². The van der Waals surface area contributed by atoms with Crippen LogP contribution in [0.5, 0.6) is 0 Å². The summed E-state index contributed by atoms with van der Waals surface area (Å²) in [5.41, 5.74) is 5.26. The van der Waals surface area contributed by atoms with Crippen molar-refractivity contribution >= 4 is 67.1 Å². The molecule has 0 atom stereocenters. The molecule has 0 unspecified atom stereocenters. The summed E-state index contributed by atoms with van der Waals surface area (Å²) >= 11 is 1.54. The Labute approximate surface area is 282 Å². The second-order valence-corrected chi connectivity index (χ2v) is 13.8. The summed E-state index contributed by atoms with van der Waals surface area (Å²) in [6, 6.07) is 29.4. The molecule has 0 bridgehead atoms. The van der Waals surface area contributed by atoms with Crippen molar-refractivity contribution in [3.63, 3.8) is 0 Å². The second kappa shape index (κ2) is 13.8. The molecule has 2 aromatic heterocycles. The quantitative estimate of drug-likeness (QED) is 0.0455. The number of aromatic nitrogens is 1. The SMILES string of the molecule is CC(=O)O/N=C(\CC(C)C)c1ccc2c(c1)c1cc(C(=O)c3ccccc3)c3ccccc3c1n2-c1ccc(/C(CC(C)C)=N/N=O)s1. The van der Waals surface area contributed by atoms with Crippen LogP contribution in [0, 0.1) is 16.7 Å². The van der Waals surface area contributed by atoms with Crippen molar-refractivity contribution in [1.29, 1.82) is 0 Å². The number of hydrogen-bond donors (Lipinski definition) is 0. The number of carbonyl (C=O) groups excluding carboxylic acids is 2. The third-order valence-electron chi connectivity index (χ3n) is 8.13. The lowest BCUT2D eigenvalue weighted by Gasteiger charge is -2.11. The Balaban J connectivity index is 1.68. The average Bonchev–Trinajstić information content (AvgIpc) is 3.68. The van der Waals surface area contributed by atoms with Gasteiger partial charge in [0.25, 0.3) is 0 Å². The number of hydrogen-bond acceptors (Lipinski definition) is 7. The van der Waals surface area contributed by atoms with E-state index in [2.05, 4.69) is 66.0 Å². The van der Waals surface area contributed by atoms with Gasteiger partial charge in [-0.15, -0.1) is 21.3 Å². The Hall–Kier alpha value is -5.28. The molecule has 0 N–H and O–H groups in total. The van der Waals surface area contributed by atoms with Gasteiger partial charge in [-0.05, 0) is 60.4 Å². The largest absolute Gasteiger partial charge is 0.331 e. The number of fused-ring (bicyclic) bond motifs is 5. The first-order valence-electron chi connectivity index (χ1n) is 16.0. The summed E-state index contributed by atoms with van der Waals surface area (Å²) in [7, 11) is 0. The zero-order valence-corrected chi connectivity index (χ0v) is 28.4. The maximum Gasteiger partial charge on any atom is 0.331 e. The third-order valence-corrected chi connectivity index (χ3v) is 9.25.